The number of hydrogen-bond acceptors (Lipinski definition) is 2. The average Bonchev–Trinajstić information content (AvgIpc) is 2.05. The molecule has 1 rings (SSSR count). The largest absolute Gasteiger partial charge is 0.507 e. The van der Waals surface area contributed by atoms with Gasteiger partial charge in [-0.05, 0) is 25.0 Å². The molecule has 0 spiro atoms. The third-order valence-electron chi connectivity index (χ3n) is 1.39. The Kier molecular flexibility index (Phi) is 2.49. The maximum Gasteiger partial charge on any atom is 0.239 e. The molecule has 0 aliphatic carbocycles. The summed E-state index contributed by atoms with van der Waals surface area (Å²) in [5.41, 5.74) is 0.256. The number of Topliss-reactive ketones (excluding diaryl/α,β-unsaturated/α-hetero) is 1. The van der Waals surface area contributed by atoms with Crippen LogP contribution in [-0.2, 0) is 0 Å². The van der Waals surface area contributed by atoms with Gasteiger partial charge in [0, 0.05) is 0 Å². The fourth-order valence-electron chi connectivity index (χ4n) is 0.847. The highest BCUT2D eigenvalue weighted by atomic mass is 16.3. The molecular weight excluding hydrogens is 152 g/mol. The van der Waals surface area contributed by atoms with E-state index in [2.05, 4.69) is 11.8 Å². The van der Waals surface area contributed by atoms with Gasteiger partial charge >= 0.3 is 0 Å². The van der Waals surface area contributed by atoms with Gasteiger partial charge in [-0.2, -0.15) is 0 Å². The Bertz CT molecular complexity index is 356. The number of hydrogen-bond donors (Lipinski definition) is 1. The molecule has 0 fully saturated rings. The highest BCUT2D eigenvalue weighted by Crippen LogP contribution is 2.15. The first kappa shape index (κ1) is 8.35. The molecule has 1 aromatic rings. The minimum Gasteiger partial charge on any atom is -0.507 e. The number of phenols is 1. The first-order valence-electron chi connectivity index (χ1n) is 3.51. The number of para-hydroxylation sites is 1. The fourth-order valence-corrected chi connectivity index (χ4v) is 0.847. The maximum atomic E-state index is 11.1. The minimum absolute atomic E-state index is 0.0229. The summed E-state index contributed by atoms with van der Waals surface area (Å²) < 4.78 is 0. The molecule has 1 N–H and O–H groups in total. The zero-order valence-corrected chi connectivity index (χ0v) is 6.66. The molecule has 0 aromatic heterocycles. The Hall–Kier alpha value is -1.75. The molecule has 0 bridgehead atoms. The second-order valence-electron chi connectivity index (χ2n) is 2.22. The van der Waals surface area contributed by atoms with E-state index in [-0.39, 0.29) is 17.1 Å². The summed E-state index contributed by atoms with van der Waals surface area (Å²) in [6.45, 7) is 1.58. The van der Waals surface area contributed by atoms with Crippen molar-refractivity contribution >= 4 is 5.78 Å². The first-order valence-corrected chi connectivity index (χ1v) is 3.51. The number of ketones is 1. The molecule has 0 aliphatic rings. The van der Waals surface area contributed by atoms with Crippen LogP contribution in [0.25, 0.3) is 0 Å². The van der Waals surface area contributed by atoms with Crippen molar-refractivity contribution in [1.29, 1.82) is 0 Å². The van der Waals surface area contributed by atoms with Gasteiger partial charge in [-0.25, -0.2) is 0 Å². The summed E-state index contributed by atoms with van der Waals surface area (Å²) in [4.78, 5) is 11.1. The second kappa shape index (κ2) is 3.59. The van der Waals surface area contributed by atoms with Gasteiger partial charge in [0.05, 0.1) is 5.56 Å². The molecule has 0 heterocycles. The summed E-state index contributed by atoms with van der Waals surface area (Å²) in [6.07, 6.45) is 0. The van der Waals surface area contributed by atoms with Crippen LogP contribution in [0, 0.1) is 11.8 Å². The van der Waals surface area contributed by atoms with E-state index in [0.29, 0.717) is 0 Å². The highest BCUT2D eigenvalue weighted by Gasteiger charge is 2.05. The van der Waals surface area contributed by atoms with Gasteiger partial charge in [-0.15, -0.1) is 0 Å². The van der Waals surface area contributed by atoms with E-state index in [4.69, 9.17) is 0 Å². The summed E-state index contributed by atoms with van der Waals surface area (Å²) in [5.74, 6) is 4.46. The van der Waals surface area contributed by atoms with Crippen LogP contribution >= 0.6 is 0 Å². The minimum atomic E-state index is -0.351. The van der Waals surface area contributed by atoms with Gasteiger partial charge in [-0.3, -0.25) is 4.79 Å². The van der Waals surface area contributed by atoms with Gasteiger partial charge in [-0.1, -0.05) is 18.1 Å². The van der Waals surface area contributed by atoms with Crippen molar-refractivity contribution in [3.05, 3.63) is 29.8 Å². The molecular formula is C10H8O2. The van der Waals surface area contributed by atoms with Crippen LogP contribution in [0.15, 0.2) is 24.3 Å². The molecule has 2 heteroatoms. The van der Waals surface area contributed by atoms with Crippen LogP contribution in [-0.4, -0.2) is 10.9 Å². The third-order valence-corrected chi connectivity index (χ3v) is 1.39. The zero-order chi connectivity index (χ0) is 8.97. The number of benzene rings is 1. The van der Waals surface area contributed by atoms with Crippen molar-refractivity contribution in [2.45, 2.75) is 6.92 Å². The molecule has 0 saturated carbocycles. The van der Waals surface area contributed by atoms with Crippen LogP contribution in [0.2, 0.25) is 0 Å². The lowest BCUT2D eigenvalue weighted by molar-refractivity contribution is 0.105. The van der Waals surface area contributed by atoms with Crippen LogP contribution in [0.3, 0.4) is 0 Å². The summed E-state index contributed by atoms with van der Waals surface area (Å²) in [7, 11) is 0. The van der Waals surface area contributed by atoms with E-state index in [1.54, 1.807) is 25.1 Å². The van der Waals surface area contributed by atoms with E-state index in [1.165, 1.54) is 6.07 Å². The van der Waals surface area contributed by atoms with Crippen LogP contribution in [0.1, 0.15) is 17.3 Å². The van der Waals surface area contributed by atoms with Crippen LogP contribution in [0.4, 0.5) is 0 Å². The van der Waals surface area contributed by atoms with Crippen molar-refractivity contribution in [2.24, 2.45) is 0 Å². The predicted molar refractivity (Wildman–Crippen MR) is 45.9 cm³/mol. The standard InChI is InChI=1S/C10H8O2/c1-2-5-9(11)8-6-3-4-7-10(8)12/h3-4,6-7,12H,1H3. The molecule has 0 radical (unpaired) electrons. The van der Waals surface area contributed by atoms with Gasteiger partial charge in [0.2, 0.25) is 5.78 Å². The van der Waals surface area contributed by atoms with Crippen LogP contribution in [0.5, 0.6) is 5.75 Å². The van der Waals surface area contributed by atoms with Crippen molar-refractivity contribution in [3.63, 3.8) is 0 Å². The number of carbonyl (C=O) groups is 1. The Labute approximate surface area is 70.8 Å². The quantitative estimate of drug-likeness (QED) is 0.385. The third kappa shape index (κ3) is 1.64. The molecule has 0 amide bonds. The topological polar surface area (TPSA) is 37.3 Å². The van der Waals surface area contributed by atoms with Crippen molar-refractivity contribution in [3.8, 4) is 17.6 Å². The maximum absolute atomic E-state index is 11.1. The van der Waals surface area contributed by atoms with Crippen molar-refractivity contribution < 1.29 is 9.90 Å². The number of aromatic hydroxyl groups is 1. The lowest BCUT2D eigenvalue weighted by Crippen LogP contribution is -1.94. The zero-order valence-electron chi connectivity index (χ0n) is 6.66. The predicted octanol–water partition coefficient (Wildman–Crippen LogP) is 1.60. The van der Waals surface area contributed by atoms with Crippen molar-refractivity contribution in [2.75, 3.05) is 0 Å². The molecule has 1 aromatic carbocycles. The summed E-state index contributed by atoms with van der Waals surface area (Å²) >= 11 is 0. The normalized spacial score (nSPS) is 8.42. The van der Waals surface area contributed by atoms with Crippen molar-refractivity contribution in [1.82, 2.24) is 0 Å². The molecule has 0 saturated heterocycles. The Balaban J connectivity index is 3.08. The van der Waals surface area contributed by atoms with Gasteiger partial charge < -0.3 is 5.11 Å². The molecule has 0 unspecified atom stereocenters. The SMILES string of the molecule is CC#CC(=O)c1ccccc1O. The van der Waals surface area contributed by atoms with Crippen LogP contribution < -0.4 is 0 Å². The number of carbonyl (C=O) groups excluding carboxylic acids is 1. The van der Waals surface area contributed by atoms with E-state index in [0.717, 1.165) is 0 Å². The number of phenolic OH excluding ortho intramolecular Hbond substituents is 1. The lowest BCUT2D eigenvalue weighted by atomic mass is 10.1. The Morgan fingerprint density at radius 2 is 2.08 bits per heavy atom. The van der Waals surface area contributed by atoms with E-state index >= 15 is 0 Å². The van der Waals surface area contributed by atoms with Gasteiger partial charge in [0.25, 0.3) is 0 Å². The fraction of sp³-hybridized carbons (Fsp3) is 0.100. The molecule has 0 aliphatic heterocycles. The first-order chi connectivity index (χ1) is 5.75. The number of rotatable bonds is 1. The smallest absolute Gasteiger partial charge is 0.239 e. The molecule has 2 nitrogen and oxygen atoms in total. The summed E-state index contributed by atoms with van der Waals surface area (Å²) in [6, 6.07) is 6.35. The van der Waals surface area contributed by atoms with E-state index in [9.17, 15) is 9.90 Å². The molecule has 0 atom stereocenters. The molecule has 60 valence electrons. The van der Waals surface area contributed by atoms with E-state index in [1.807, 2.05) is 0 Å². The Morgan fingerprint density at radius 3 is 2.67 bits per heavy atom. The average molecular weight is 160 g/mol. The van der Waals surface area contributed by atoms with Gasteiger partial charge in [0.1, 0.15) is 5.75 Å². The lowest BCUT2D eigenvalue weighted by Gasteiger charge is -1.96. The second-order valence-corrected chi connectivity index (χ2v) is 2.22. The Morgan fingerprint density at radius 1 is 1.42 bits per heavy atom. The van der Waals surface area contributed by atoms with E-state index < -0.39 is 0 Å². The molecule has 12 heavy (non-hydrogen) atoms. The van der Waals surface area contributed by atoms with Gasteiger partial charge in [0.15, 0.2) is 0 Å². The highest BCUT2D eigenvalue weighted by molar-refractivity contribution is 6.10. The monoisotopic (exact) mass is 160 g/mol. The summed E-state index contributed by atoms with van der Waals surface area (Å²) in [5, 5.41) is 9.22.